The van der Waals surface area contributed by atoms with Gasteiger partial charge in [0.1, 0.15) is 6.54 Å². The van der Waals surface area contributed by atoms with Crippen molar-refractivity contribution in [2.45, 2.75) is 25.8 Å². The van der Waals surface area contributed by atoms with Gasteiger partial charge < -0.3 is 20.2 Å². The summed E-state index contributed by atoms with van der Waals surface area (Å²) in [5, 5.41) is 11.8. The Morgan fingerprint density at radius 1 is 1.37 bits per heavy atom. The van der Waals surface area contributed by atoms with E-state index in [0.717, 1.165) is 6.42 Å². The highest BCUT2D eigenvalue weighted by atomic mass is 16.4. The van der Waals surface area contributed by atoms with Crippen LogP contribution in [0.1, 0.15) is 19.8 Å². The van der Waals surface area contributed by atoms with Crippen LogP contribution in [0.2, 0.25) is 0 Å². The van der Waals surface area contributed by atoms with Gasteiger partial charge in [0.2, 0.25) is 5.91 Å². The van der Waals surface area contributed by atoms with E-state index in [0.29, 0.717) is 26.1 Å². The Balaban J connectivity index is 2.03. The first-order valence-electron chi connectivity index (χ1n) is 6.55. The Labute approximate surface area is 111 Å². The predicted octanol–water partition coefficient (Wildman–Crippen LogP) is -0.277. The van der Waals surface area contributed by atoms with Crippen LogP contribution in [0.3, 0.4) is 0 Å². The second kappa shape index (κ2) is 5.46. The molecule has 7 nitrogen and oxygen atoms in total. The third kappa shape index (κ3) is 2.80. The Morgan fingerprint density at radius 2 is 2.11 bits per heavy atom. The molecule has 2 atom stereocenters. The molecule has 2 heterocycles. The zero-order valence-electron chi connectivity index (χ0n) is 11.0. The Bertz CT molecular complexity index is 398. The minimum atomic E-state index is -0.864. The molecule has 7 heteroatoms. The van der Waals surface area contributed by atoms with Gasteiger partial charge in [-0.3, -0.25) is 9.59 Å². The number of rotatable bonds is 1. The number of nitrogens with zero attached hydrogens (tertiary/aromatic N) is 2. The minimum Gasteiger partial charge on any atom is -0.481 e. The van der Waals surface area contributed by atoms with Crippen molar-refractivity contribution < 1.29 is 19.5 Å². The van der Waals surface area contributed by atoms with Crippen molar-refractivity contribution in [3.05, 3.63) is 0 Å². The number of likely N-dealkylation sites (tertiary alicyclic amines) is 1. The molecule has 2 rings (SSSR count). The van der Waals surface area contributed by atoms with Crippen LogP contribution in [-0.4, -0.2) is 65.0 Å². The monoisotopic (exact) mass is 269 g/mol. The minimum absolute atomic E-state index is 0.0553. The number of urea groups is 1. The van der Waals surface area contributed by atoms with Crippen LogP contribution in [0, 0.1) is 5.92 Å². The van der Waals surface area contributed by atoms with Gasteiger partial charge in [0.15, 0.2) is 0 Å². The third-order valence-electron chi connectivity index (χ3n) is 3.85. The molecule has 0 radical (unpaired) electrons. The lowest BCUT2D eigenvalue weighted by Crippen LogP contribution is -2.48. The number of carbonyl (C=O) groups excluding carboxylic acids is 2. The first-order valence-corrected chi connectivity index (χ1v) is 6.55. The van der Waals surface area contributed by atoms with Crippen LogP contribution in [0.25, 0.3) is 0 Å². The smallest absolute Gasteiger partial charge is 0.320 e. The molecule has 2 aliphatic rings. The summed E-state index contributed by atoms with van der Waals surface area (Å²) in [5.74, 6) is -1.53. The normalized spacial score (nSPS) is 27.9. The predicted molar refractivity (Wildman–Crippen MR) is 66.5 cm³/mol. The summed E-state index contributed by atoms with van der Waals surface area (Å²) in [6, 6.07) is -0.551. The number of nitrogens with one attached hydrogen (secondary N) is 1. The molecule has 19 heavy (non-hydrogen) atoms. The first kappa shape index (κ1) is 13.6. The summed E-state index contributed by atoms with van der Waals surface area (Å²) in [7, 11) is 0. The van der Waals surface area contributed by atoms with E-state index < -0.39 is 11.9 Å². The van der Waals surface area contributed by atoms with E-state index in [4.69, 9.17) is 5.11 Å². The van der Waals surface area contributed by atoms with Crippen molar-refractivity contribution in [2.75, 3.05) is 26.2 Å². The third-order valence-corrected chi connectivity index (χ3v) is 3.85. The maximum absolute atomic E-state index is 12.4. The average molecular weight is 269 g/mol. The lowest BCUT2D eigenvalue weighted by atomic mass is 10.0. The van der Waals surface area contributed by atoms with E-state index in [1.165, 1.54) is 4.90 Å². The highest BCUT2D eigenvalue weighted by Gasteiger charge is 2.40. The molecule has 0 bridgehead atoms. The summed E-state index contributed by atoms with van der Waals surface area (Å²) < 4.78 is 0. The van der Waals surface area contributed by atoms with Crippen molar-refractivity contribution in [2.24, 2.45) is 5.92 Å². The van der Waals surface area contributed by atoms with E-state index in [1.54, 1.807) is 11.8 Å². The highest BCUT2D eigenvalue weighted by molar-refractivity contribution is 5.85. The molecular formula is C12H19N3O4. The van der Waals surface area contributed by atoms with Gasteiger partial charge in [0.05, 0.1) is 5.92 Å². The van der Waals surface area contributed by atoms with Gasteiger partial charge in [-0.25, -0.2) is 4.79 Å². The largest absolute Gasteiger partial charge is 0.481 e. The lowest BCUT2D eigenvalue weighted by Gasteiger charge is -2.29. The number of carboxylic acid groups (broad SMARTS) is 1. The van der Waals surface area contributed by atoms with Crippen molar-refractivity contribution in [3.63, 3.8) is 0 Å². The molecule has 0 aromatic heterocycles. The van der Waals surface area contributed by atoms with Crippen molar-refractivity contribution in [1.82, 2.24) is 15.1 Å². The molecule has 2 unspecified atom stereocenters. The summed E-state index contributed by atoms with van der Waals surface area (Å²) in [4.78, 5) is 37.9. The molecule has 2 aliphatic heterocycles. The van der Waals surface area contributed by atoms with Gasteiger partial charge in [0, 0.05) is 25.7 Å². The Kier molecular flexibility index (Phi) is 3.92. The van der Waals surface area contributed by atoms with E-state index in [2.05, 4.69) is 5.32 Å². The molecule has 2 saturated heterocycles. The van der Waals surface area contributed by atoms with Crippen molar-refractivity contribution >= 4 is 17.9 Å². The standard InChI is InChI=1S/C12H19N3O4/c1-8-9(11(17)18)3-6-15(8)12(19)14-5-2-4-13-10(16)7-14/h8-9H,2-7H2,1H3,(H,13,16)(H,17,18). The molecule has 0 saturated carbocycles. The molecule has 0 spiro atoms. The highest BCUT2D eigenvalue weighted by Crippen LogP contribution is 2.25. The maximum Gasteiger partial charge on any atom is 0.320 e. The molecule has 106 valence electrons. The molecule has 2 fully saturated rings. The number of aliphatic carboxylic acids is 1. The number of carbonyl (C=O) groups is 3. The lowest BCUT2D eigenvalue weighted by molar-refractivity contribution is -0.142. The summed E-state index contributed by atoms with van der Waals surface area (Å²) in [6.07, 6.45) is 1.20. The van der Waals surface area contributed by atoms with Gasteiger partial charge >= 0.3 is 12.0 Å². The van der Waals surface area contributed by atoms with Gasteiger partial charge in [-0.1, -0.05) is 0 Å². The fourth-order valence-corrected chi connectivity index (χ4v) is 2.69. The molecule has 3 amide bonds. The van der Waals surface area contributed by atoms with Crippen LogP contribution in [0.4, 0.5) is 4.79 Å². The topological polar surface area (TPSA) is 89.9 Å². The van der Waals surface area contributed by atoms with Gasteiger partial charge in [-0.15, -0.1) is 0 Å². The van der Waals surface area contributed by atoms with Crippen LogP contribution >= 0.6 is 0 Å². The number of hydrogen-bond acceptors (Lipinski definition) is 3. The number of carboxylic acids is 1. The average Bonchev–Trinajstić information content (AvgIpc) is 2.60. The fraction of sp³-hybridized carbons (Fsp3) is 0.750. The van der Waals surface area contributed by atoms with Crippen LogP contribution in [-0.2, 0) is 9.59 Å². The Morgan fingerprint density at radius 3 is 2.74 bits per heavy atom. The van der Waals surface area contributed by atoms with Crippen LogP contribution in [0.5, 0.6) is 0 Å². The van der Waals surface area contributed by atoms with Gasteiger partial charge in [-0.05, 0) is 19.8 Å². The SMILES string of the molecule is CC1C(C(=O)O)CCN1C(=O)N1CCCNC(=O)C1. The maximum atomic E-state index is 12.4. The zero-order valence-corrected chi connectivity index (χ0v) is 11.0. The second-order valence-electron chi connectivity index (χ2n) is 5.08. The van der Waals surface area contributed by atoms with Crippen molar-refractivity contribution in [1.29, 1.82) is 0 Å². The molecule has 0 aromatic carbocycles. The van der Waals surface area contributed by atoms with Gasteiger partial charge in [-0.2, -0.15) is 0 Å². The zero-order chi connectivity index (χ0) is 14.0. The second-order valence-corrected chi connectivity index (χ2v) is 5.08. The number of hydrogen-bond donors (Lipinski definition) is 2. The van der Waals surface area contributed by atoms with E-state index in [1.807, 2.05) is 0 Å². The summed E-state index contributed by atoms with van der Waals surface area (Å²) >= 11 is 0. The van der Waals surface area contributed by atoms with Crippen LogP contribution in [0.15, 0.2) is 0 Å². The number of amides is 3. The molecular weight excluding hydrogens is 250 g/mol. The van der Waals surface area contributed by atoms with Crippen molar-refractivity contribution in [3.8, 4) is 0 Å². The Hall–Kier alpha value is -1.79. The summed E-state index contributed by atoms with van der Waals surface area (Å²) in [6.45, 7) is 3.35. The molecule has 0 aromatic rings. The van der Waals surface area contributed by atoms with Gasteiger partial charge in [0.25, 0.3) is 0 Å². The van der Waals surface area contributed by atoms with E-state index in [9.17, 15) is 14.4 Å². The first-order chi connectivity index (χ1) is 9.00. The van der Waals surface area contributed by atoms with E-state index in [-0.39, 0.29) is 24.5 Å². The van der Waals surface area contributed by atoms with Crippen LogP contribution < -0.4 is 5.32 Å². The molecule has 0 aliphatic carbocycles. The molecule has 2 N–H and O–H groups in total. The quantitative estimate of drug-likeness (QED) is 0.685. The summed E-state index contributed by atoms with van der Waals surface area (Å²) in [5.41, 5.74) is 0. The van der Waals surface area contributed by atoms with E-state index >= 15 is 0 Å². The fourth-order valence-electron chi connectivity index (χ4n) is 2.69.